The summed E-state index contributed by atoms with van der Waals surface area (Å²) in [6, 6.07) is 26.5. The first-order valence-electron chi connectivity index (χ1n) is 9.86. The van der Waals surface area contributed by atoms with Gasteiger partial charge in [0.15, 0.2) is 0 Å². The highest BCUT2D eigenvalue weighted by molar-refractivity contribution is 5.58. The SMILES string of the molecule is C#Cc1ccccc1C#Cc1cccc(-c2cccc(C#Cc3ccccc3C#C)n2)n1. The van der Waals surface area contributed by atoms with Crippen LogP contribution in [0.1, 0.15) is 33.6 Å². The largest absolute Gasteiger partial charge is 0.238 e. The first-order valence-corrected chi connectivity index (χ1v) is 9.86. The second-order valence-electron chi connectivity index (χ2n) is 6.70. The van der Waals surface area contributed by atoms with Crippen molar-refractivity contribution in [2.45, 2.75) is 0 Å². The standard InChI is InChI=1S/C30H16N2/c1-3-23-11-5-7-13-25(23)19-21-27-15-9-17-29(31-27)30-18-10-16-28(32-30)22-20-26-14-8-6-12-24(26)4-2/h1-2,5-18H. The molecule has 0 unspecified atom stereocenters. The molecule has 0 saturated heterocycles. The van der Waals surface area contributed by atoms with E-state index >= 15 is 0 Å². The number of hydrogen-bond donors (Lipinski definition) is 0. The third-order valence-corrected chi connectivity index (χ3v) is 4.58. The highest BCUT2D eigenvalue weighted by Gasteiger charge is 2.03. The van der Waals surface area contributed by atoms with Crippen LogP contribution in [-0.4, -0.2) is 9.97 Å². The molecule has 2 heteroatoms. The third-order valence-electron chi connectivity index (χ3n) is 4.58. The second kappa shape index (κ2) is 9.65. The maximum Gasteiger partial charge on any atom is 0.114 e. The quantitative estimate of drug-likeness (QED) is 0.422. The Kier molecular flexibility index (Phi) is 6.11. The van der Waals surface area contributed by atoms with Crippen LogP contribution in [0.4, 0.5) is 0 Å². The molecule has 0 N–H and O–H groups in total. The van der Waals surface area contributed by atoms with E-state index in [1.54, 1.807) is 0 Å². The van der Waals surface area contributed by atoms with Gasteiger partial charge in [0.2, 0.25) is 0 Å². The average molecular weight is 404 g/mol. The maximum absolute atomic E-state index is 5.55. The summed E-state index contributed by atoms with van der Waals surface area (Å²) in [7, 11) is 0. The predicted molar refractivity (Wildman–Crippen MR) is 128 cm³/mol. The molecule has 0 bridgehead atoms. The fourth-order valence-electron chi connectivity index (χ4n) is 2.99. The van der Waals surface area contributed by atoms with Crippen molar-refractivity contribution in [3.8, 4) is 59.8 Å². The molecule has 146 valence electrons. The van der Waals surface area contributed by atoms with Gasteiger partial charge in [-0.05, 0) is 60.4 Å². The molecule has 0 amide bonds. The number of hydrogen-bond acceptors (Lipinski definition) is 2. The lowest BCUT2D eigenvalue weighted by atomic mass is 10.1. The number of benzene rings is 2. The summed E-state index contributed by atoms with van der Waals surface area (Å²) in [5.74, 6) is 17.7. The molecule has 0 radical (unpaired) electrons. The summed E-state index contributed by atoms with van der Waals surface area (Å²) in [6.45, 7) is 0. The van der Waals surface area contributed by atoms with Gasteiger partial charge in [0.05, 0.1) is 11.4 Å². The smallest absolute Gasteiger partial charge is 0.114 e. The molecule has 4 aromatic rings. The van der Waals surface area contributed by atoms with E-state index in [0.717, 1.165) is 33.6 Å². The second-order valence-corrected chi connectivity index (χ2v) is 6.70. The molecule has 0 spiro atoms. The van der Waals surface area contributed by atoms with Gasteiger partial charge in [0.1, 0.15) is 11.4 Å². The average Bonchev–Trinajstić information content (AvgIpc) is 2.87. The van der Waals surface area contributed by atoms with E-state index in [2.05, 4.69) is 45.5 Å². The van der Waals surface area contributed by atoms with E-state index in [4.69, 9.17) is 12.8 Å². The Morgan fingerprint density at radius 3 is 1.25 bits per heavy atom. The zero-order chi connectivity index (χ0) is 22.2. The Bertz CT molecular complexity index is 1390. The van der Waals surface area contributed by atoms with E-state index in [1.807, 2.05) is 84.9 Å². The molecular weight excluding hydrogens is 388 g/mol. The highest BCUT2D eigenvalue weighted by atomic mass is 14.8. The van der Waals surface area contributed by atoms with Crippen molar-refractivity contribution >= 4 is 0 Å². The van der Waals surface area contributed by atoms with Gasteiger partial charge in [-0.25, -0.2) is 9.97 Å². The number of terminal acetylenes is 2. The summed E-state index contributed by atoms with van der Waals surface area (Å²) >= 11 is 0. The van der Waals surface area contributed by atoms with Crippen LogP contribution in [0.5, 0.6) is 0 Å². The maximum atomic E-state index is 5.55. The van der Waals surface area contributed by atoms with Crippen molar-refractivity contribution < 1.29 is 0 Å². The molecule has 2 heterocycles. The van der Waals surface area contributed by atoms with Crippen LogP contribution in [0.3, 0.4) is 0 Å². The van der Waals surface area contributed by atoms with Crippen molar-refractivity contribution in [1.82, 2.24) is 9.97 Å². The molecule has 2 aromatic carbocycles. The monoisotopic (exact) mass is 404 g/mol. The van der Waals surface area contributed by atoms with Gasteiger partial charge in [0.25, 0.3) is 0 Å². The highest BCUT2D eigenvalue weighted by Crippen LogP contribution is 2.15. The van der Waals surface area contributed by atoms with Crippen molar-refractivity contribution in [1.29, 1.82) is 0 Å². The number of nitrogens with zero attached hydrogens (tertiary/aromatic N) is 2. The molecule has 4 rings (SSSR count). The Morgan fingerprint density at radius 2 is 0.844 bits per heavy atom. The van der Waals surface area contributed by atoms with Gasteiger partial charge in [-0.2, -0.15) is 0 Å². The Labute approximate surface area is 188 Å². The van der Waals surface area contributed by atoms with Gasteiger partial charge < -0.3 is 0 Å². The minimum Gasteiger partial charge on any atom is -0.238 e. The van der Waals surface area contributed by atoms with Gasteiger partial charge in [0, 0.05) is 22.3 Å². The van der Waals surface area contributed by atoms with E-state index in [9.17, 15) is 0 Å². The van der Waals surface area contributed by atoms with Crippen LogP contribution in [0.2, 0.25) is 0 Å². The predicted octanol–water partition coefficient (Wildman–Crippen LogP) is 4.91. The van der Waals surface area contributed by atoms with Gasteiger partial charge in [-0.3, -0.25) is 0 Å². The molecular formula is C30H16N2. The first-order chi connectivity index (χ1) is 15.8. The minimum atomic E-state index is 0.635. The van der Waals surface area contributed by atoms with Crippen LogP contribution >= 0.6 is 0 Å². The lowest BCUT2D eigenvalue weighted by molar-refractivity contribution is 1.21. The van der Waals surface area contributed by atoms with E-state index in [-0.39, 0.29) is 0 Å². The van der Waals surface area contributed by atoms with Crippen molar-refractivity contribution in [2.75, 3.05) is 0 Å². The molecule has 0 atom stereocenters. The summed E-state index contributed by atoms with van der Waals surface area (Å²) in [5.41, 5.74) is 5.82. The van der Waals surface area contributed by atoms with Crippen LogP contribution in [-0.2, 0) is 0 Å². The summed E-state index contributed by atoms with van der Waals surface area (Å²) in [5, 5.41) is 0. The molecule has 2 nitrogen and oxygen atoms in total. The van der Waals surface area contributed by atoms with Crippen LogP contribution in [0.25, 0.3) is 11.4 Å². The first kappa shape index (κ1) is 20.3. The summed E-state index contributed by atoms with van der Waals surface area (Å²) in [4.78, 5) is 9.28. The fourth-order valence-corrected chi connectivity index (χ4v) is 2.99. The zero-order valence-electron chi connectivity index (χ0n) is 17.1. The summed E-state index contributed by atoms with van der Waals surface area (Å²) < 4.78 is 0. The number of rotatable bonds is 1. The number of aromatic nitrogens is 2. The molecule has 2 aromatic heterocycles. The minimum absolute atomic E-state index is 0.635. The third kappa shape index (κ3) is 4.75. The van der Waals surface area contributed by atoms with E-state index in [0.29, 0.717) is 11.4 Å². The Hall–Kier alpha value is -5.02. The van der Waals surface area contributed by atoms with Crippen LogP contribution in [0, 0.1) is 48.4 Å². The van der Waals surface area contributed by atoms with Crippen LogP contribution < -0.4 is 0 Å². The lowest BCUT2D eigenvalue weighted by Gasteiger charge is -2.01. The molecule has 32 heavy (non-hydrogen) atoms. The Balaban J connectivity index is 1.63. The van der Waals surface area contributed by atoms with E-state index < -0.39 is 0 Å². The van der Waals surface area contributed by atoms with Gasteiger partial charge in [-0.15, -0.1) is 12.8 Å². The molecule has 0 aliphatic rings. The number of pyridine rings is 2. The van der Waals surface area contributed by atoms with Crippen molar-refractivity contribution in [3.63, 3.8) is 0 Å². The van der Waals surface area contributed by atoms with Crippen molar-refractivity contribution in [2.24, 2.45) is 0 Å². The van der Waals surface area contributed by atoms with Crippen LogP contribution in [0.15, 0.2) is 84.9 Å². The van der Waals surface area contributed by atoms with E-state index in [1.165, 1.54) is 0 Å². The summed E-state index contributed by atoms with van der Waals surface area (Å²) in [6.07, 6.45) is 11.1. The molecule has 0 aliphatic heterocycles. The van der Waals surface area contributed by atoms with Gasteiger partial charge in [-0.1, -0.05) is 60.1 Å². The van der Waals surface area contributed by atoms with Gasteiger partial charge >= 0.3 is 0 Å². The fraction of sp³-hybridized carbons (Fsp3) is 0. The zero-order valence-corrected chi connectivity index (χ0v) is 17.1. The van der Waals surface area contributed by atoms with Crippen molar-refractivity contribution in [3.05, 3.63) is 119 Å². The molecule has 0 saturated carbocycles. The Morgan fingerprint density at radius 1 is 0.438 bits per heavy atom. The molecule has 0 fully saturated rings. The molecule has 0 aliphatic carbocycles. The topological polar surface area (TPSA) is 25.8 Å². The lowest BCUT2D eigenvalue weighted by Crippen LogP contribution is -1.92. The normalized spacial score (nSPS) is 9.31.